The van der Waals surface area contributed by atoms with E-state index in [1.54, 1.807) is 4.68 Å². The molecule has 0 atom stereocenters. The Hall–Kier alpha value is -3.42. The van der Waals surface area contributed by atoms with E-state index in [1.165, 1.54) is 0 Å². The van der Waals surface area contributed by atoms with Crippen LogP contribution in [0.3, 0.4) is 0 Å². The molecule has 0 N–H and O–H groups in total. The Labute approximate surface area is 169 Å². The van der Waals surface area contributed by atoms with Crippen molar-refractivity contribution in [1.29, 1.82) is 0 Å². The summed E-state index contributed by atoms with van der Waals surface area (Å²) in [7, 11) is 0. The van der Waals surface area contributed by atoms with E-state index in [2.05, 4.69) is 20.2 Å². The second kappa shape index (κ2) is 8.30. The first-order chi connectivity index (χ1) is 14.1. The molecular weight excluding hydrogens is 368 g/mol. The highest BCUT2D eigenvalue weighted by atomic mass is 16.5. The Morgan fingerprint density at radius 1 is 1.00 bits per heavy atom. The monoisotopic (exact) mass is 392 g/mol. The van der Waals surface area contributed by atoms with Gasteiger partial charge in [-0.3, -0.25) is 4.79 Å². The fraction of sp³-hybridized carbons (Fsp3) is 0.333. The summed E-state index contributed by atoms with van der Waals surface area (Å²) in [6.45, 7) is 6.69. The Morgan fingerprint density at radius 3 is 2.41 bits per heavy atom. The van der Waals surface area contributed by atoms with Crippen molar-refractivity contribution in [3.8, 4) is 11.6 Å². The third kappa shape index (κ3) is 4.53. The van der Waals surface area contributed by atoms with Gasteiger partial charge in [0.2, 0.25) is 0 Å². The molecule has 8 nitrogen and oxygen atoms in total. The van der Waals surface area contributed by atoms with Crippen LogP contribution < -0.4 is 9.64 Å². The number of hydrogen-bond acceptors (Lipinski definition) is 6. The highest BCUT2D eigenvalue weighted by molar-refractivity contribution is 5.78. The fourth-order valence-electron chi connectivity index (χ4n) is 3.28. The van der Waals surface area contributed by atoms with Crippen LogP contribution in [-0.2, 0) is 4.79 Å². The number of aromatic nitrogens is 4. The van der Waals surface area contributed by atoms with E-state index in [-0.39, 0.29) is 12.5 Å². The van der Waals surface area contributed by atoms with Gasteiger partial charge in [-0.2, -0.15) is 5.10 Å². The van der Waals surface area contributed by atoms with Crippen molar-refractivity contribution in [1.82, 2.24) is 24.9 Å². The lowest BCUT2D eigenvalue weighted by molar-refractivity contribution is -0.133. The summed E-state index contributed by atoms with van der Waals surface area (Å²) >= 11 is 0. The molecule has 4 rings (SSSR count). The number of rotatable bonds is 5. The predicted octanol–water partition coefficient (Wildman–Crippen LogP) is 2.01. The Balaban J connectivity index is 1.29. The molecular formula is C21H24N6O2. The van der Waals surface area contributed by atoms with Crippen LogP contribution in [0, 0.1) is 13.8 Å². The average molecular weight is 392 g/mol. The lowest BCUT2D eigenvalue weighted by Crippen LogP contribution is -2.50. The maximum Gasteiger partial charge on any atom is 0.260 e. The number of benzene rings is 1. The van der Waals surface area contributed by atoms with Crippen molar-refractivity contribution < 1.29 is 9.53 Å². The highest BCUT2D eigenvalue weighted by Gasteiger charge is 2.22. The van der Waals surface area contributed by atoms with Crippen molar-refractivity contribution in [2.75, 3.05) is 37.7 Å². The van der Waals surface area contributed by atoms with Crippen molar-refractivity contribution >= 4 is 11.7 Å². The molecule has 1 fully saturated rings. The Bertz CT molecular complexity index is 977. The molecule has 0 bridgehead atoms. The van der Waals surface area contributed by atoms with Gasteiger partial charge in [0.05, 0.1) is 5.69 Å². The maximum atomic E-state index is 12.4. The number of aryl methyl sites for hydroxylation is 2. The lowest BCUT2D eigenvalue weighted by Gasteiger charge is -2.35. The quantitative estimate of drug-likeness (QED) is 0.661. The van der Waals surface area contributed by atoms with Gasteiger partial charge >= 0.3 is 0 Å². The number of carbonyl (C=O) groups is 1. The molecule has 0 aliphatic carbocycles. The zero-order valence-electron chi connectivity index (χ0n) is 16.7. The van der Waals surface area contributed by atoms with Crippen molar-refractivity contribution in [3.05, 3.63) is 59.9 Å². The second-order valence-corrected chi connectivity index (χ2v) is 7.12. The standard InChI is InChI=1S/C21H24N6O2/c1-16-4-3-5-18(14-16)29-15-21(28)26-12-10-25(11-13-26)19-6-7-20(23-22-19)27-9-8-17(2)24-27/h3-9,14H,10-13,15H2,1-2H3. The maximum absolute atomic E-state index is 12.4. The molecule has 0 unspecified atom stereocenters. The van der Waals surface area contributed by atoms with Crippen molar-refractivity contribution in [2.24, 2.45) is 0 Å². The van der Waals surface area contributed by atoms with Gasteiger partial charge in [-0.05, 0) is 49.7 Å². The molecule has 0 saturated carbocycles. The predicted molar refractivity (Wildman–Crippen MR) is 109 cm³/mol. The third-order valence-electron chi connectivity index (χ3n) is 4.90. The first-order valence-electron chi connectivity index (χ1n) is 9.67. The number of anilines is 1. The molecule has 1 aromatic carbocycles. The molecule has 3 heterocycles. The Kier molecular flexibility index (Phi) is 5.41. The van der Waals surface area contributed by atoms with Gasteiger partial charge < -0.3 is 14.5 Å². The molecule has 0 spiro atoms. The third-order valence-corrected chi connectivity index (χ3v) is 4.90. The SMILES string of the molecule is Cc1cccc(OCC(=O)N2CCN(c3ccc(-n4ccc(C)n4)nn3)CC2)c1. The molecule has 1 amide bonds. The van der Waals surface area contributed by atoms with E-state index in [4.69, 9.17) is 4.74 Å². The minimum absolute atomic E-state index is 0.00152. The van der Waals surface area contributed by atoms with Crippen molar-refractivity contribution in [3.63, 3.8) is 0 Å². The number of ether oxygens (including phenoxy) is 1. The van der Waals surface area contributed by atoms with E-state index in [0.29, 0.717) is 32.0 Å². The summed E-state index contributed by atoms with van der Waals surface area (Å²) in [5.74, 6) is 2.21. The molecule has 150 valence electrons. The van der Waals surface area contributed by atoms with Gasteiger partial charge in [-0.15, -0.1) is 10.2 Å². The average Bonchev–Trinajstić information content (AvgIpc) is 3.19. The normalized spacial score (nSPS) is 14.1. The molecule has 1 aliphatic heterocycles. The number of amides is 1. The van der Waals surface area contributed by atoms with Gasteiger partial charge in [-0.25, -0.2) is 4.68 Å². The van der Waals surface area contributed by atoms with Crippen LogP contribution >= 0.6 is 0 Å². The topological polar surface area (TPSA) is 76.4 Å². The van der Waals surface area contributed by atoms with Crippen LogP contribution in [0.4, 0.5) is 5.82 Å². The summed E-state index contributed by atoms with van der Waals surface area (Å²) in [5, 5.41) is 12.9. The largest absolute Gasteiger partial charge is 0.484 e. The fourth-order valence-corrected chi connectivity index (χ4v) is 3.28. The molecule has 1 saturated heterocycles. The first-order valence-corrected chi connectivity index (χ1v) is 9.67. The summed E-state index contributed by atoms with van der Waals surface area (Å²) in [6.07, 6.45) is 1.86. The smallest absolute Gasteiger partial charge is 0.260 e. The Morgan fingerprint density at radius 2 is 1.76 bits per heavy atom. The summed E-state index contributed by atoms with van der Waals surface area (Å²) < 4.78 is 7.34. The molecule has 0 radical (unpaired) electrons. The van der Waals surface area contributed by atoms with Gasteiger partial charge in [0, 0.05) is 32.4 Å². The minimum atomic E-state index is 0.00152. The van der Waals surface area contributed by atoms with Gasteiger partial charge in [0.25, 0.3) is 5.91 Å². The molecule has 2 aromatic heterocycles. The zero-order chi connectivity index (χ0) is 20.2. The first kappa shape index (κ1) is 18.9. The van der Waals surface area contributed by atoms with E-state index in [1.807, 2.05) is 67.4 Å². The minimum Gasteiger partial charge on any atom is -0.484 e. The van der Waals surface area contributed by atoms with E-state index < -0.39 is 0 Å². The van der Waals surface area contributed by atoms with Crippen LogP contribution in [0.1, 0.15) is 11.3 Å². The van der Waals surface area contributed by atoms with E-state index in [9.17, 15) is 4.79 Å². The van der Waals surface area contributed by atoms with Crippen LogP contribution in [0.15, 0.2) is 48.7 Å². The summed E-state index contributed by atoms with van der Waals surface area (Å²) in [6, 6.07) is 13.5. The van der Waals surface area contributed by atoms with Crippen molar-refractivity contribution in [2.45, 2.75) is 13.8 Å². The number of hydrogen-bond donors (Lipinski definition) is 0. The van der Waals surface area contributed by atoms with E-state index >= 15 is 0 Å². The molecule has 1 aliphatic rings. The van der Waals surface area contributed by atoms with Gasteiger partial charge in [-0.1, -0.05) is 12.1 Å². The van der Waals surface area contributed by atoms with Gasteiger partial charge in [0.15, 0.2) is 18.2 Å². The molecule has 8 heteroatoms. The van der Waals surface area contributed by atoms with Crippen LogP contribution in [0.5, 0.6) is 5.75 Å². The van der Waals surface area contributed by atoms with Gasteiger partial charge in [0.1, 0.15) is 5.75 Å². The lowest BCUT2D eigenvalue weighted by atomic mass is 10.2. The van der Waals surface area contributed by atoms with Crippen LogP contribution in [0.25, 0.3) is 5.82 Å². The summed E-state index contributed by atoms with van der Waals surface area (Å²) in [5.41, 5.74) is 2.04. The number of nitrogens with zero attached hydrogens (tertiary/aromatic N) is 6. The number of piperazine rings is 1. The molecule has 29 heavy (non-hydrogen) atoms. The van der Waals surface area contributed by atoms with Crippen LogP contribution in [0.2, 0.25) is 0 Å². The molecule has 3 aromatic rings. The summed E-state index contributed by atoms with van der Waals surface area (Å²) in [4.78, 5) is 16.4. The van der Waals surface area contributed by atoms with Crippen LogP contribution in [-0.4, -0.2) is 63.6 Å². The number of carbonyl (C=O) groups excluding carboxylic acids is 1. The zero-order valence-corrected chi connectivity index (χ0v) is 16.7. The van der Waals surface area contributed by atoms with E-state index in [0.717, 1.165) is 22.8 Å². The second-order valence-electron chi connectivity index (χ2n) is 7.12. The highest BCUT2D eigenvalue weighted by Crippen LogP contribution is 2.15.